The van der Waals surface area contributed by atoms with Crippen LogP contribution in [-0.2, 0) is 6.15 Å². The van der Waals surface area contributed by atoms with Gasteiger partial charge in [-0.05, 0) is 0 Å². The summed E-state index contributed by atoms with van der Waals surface area (Å²) in [6.45, 7) is 9.11. The Morgan fingerprint density at radius 1 is 1.00 bits per heavy atom. The van der Waals surface area contributed by atoms with Gasteiger partial charge in [-0.25, -0.2) is 0 Å². The first-order chi connectivity index (χ1) is 9.78. The second kappa shape index (κ2) is 8.96. The van der Waals surface area contributed by atoms with Crippen molar-refractivity contribution in [2.75, 3.05) is 26.2 Å². The Labute approximate surface area is 130 Å². The van der Waals surface area contributed by atoms with Gasteiger partial charge in [-0.2, -0.15) is 0 Å². The van der Waals surface area contributed by atoms with Crippen LogP contribution in [0.1, 0.15) is 58.8 Å². The predicted octanol–water partition coefficient (Wildman–Crippen LogP) is 3.93. The van der Waals surface area contributed by atoms with E-state index < -0.39 is 19.2 Å². The average molecular weight is 390 g/mol. The number of likely N-dealkylation sites (tertiary alicyclic amines) is 1. The molecule has 2 fully saturated rings. The molecule has 2 rings (SSSR count). The Morgan fingerprint density at radius 2 is 1.65 bits per heavy atom. The standard InChI is InChI=1S/C8H15NO2.2C4H9.Sn/c10-7-8(11)6-9-4-2-1-3-5-9;2*1-3-4-2;/h8H,1-7H2;2*1,3-4H2,2H3;/q-2;;;+2/t8-;;;/m0.../s1. The number of unbranched alkanes of at least 4 members (excludes halogenated alkanes) is 2. The third-order valence-corrected chi connectivity index (χ3v) is 15.2. The van der Waals surface area contributed by atoms with Gasteiger partial charge in [0.2, 0.25) is 0 Å². The average Bonchev–Trinajstić information content (AvgIpc) is 2.88. The predicted molar refractivity (Wildman–Crippen MR) is 86.3 cm³/mol. The van der Waals surface area contributed by atoms with E-state index in [1.165, 1.54) is 66.9 Å². The van der Waals surface area contributed by atoms with Gasteiger partial charge in [-0.15, -0.1) is 0 Å². The van der Waals surface area contributed by atoms with Gasteiger partial charge in [0.15, 0.2) is 0 Å². The van der Waals surface area contributed by atoms with Gasteiger partial charge in [0.05, 0.1) is 0 Å². The van der Waals surface area contributed by atoms with Gasteiger partial charge < -0.3 is 0 Å². The fourth-order valence-electron chi connectivity index (χ4n) is 3.42. The Balaban J connectivity index is 1.81. The van der Waals surface area contributed by atoms with Crippen molar-refractivity contribution in [3.05, 3.63) is 0 Å². The number of piperidine rings is 1. The molecule has 0 aromatic carbocycles. The summed E-state index contributed by atoms with van der Waals surface area (Å²) in [5.74, 6) is 0. The van der Waals surface area contributed by atoms with Gasteiger partial charge >= 0.3 is 130 Å². The normalized spacial score (nSPS) is 27.0. The maximum atomic E-state index is 6.60. The SMILES string of the molecule is CCC[CH2][Sn]1([CH2]CCC)[O]C[C@H](CN2CCCCC2)[O]1. The molecule has 0 radical (unpaired) electrons. The van der Waals surface area contributed by atoms with E-state index in [9.17, 15) is 0 Å². The quantitative estimate of drug-likeness (QED) is 0.587. The molecule has 0 unspecified atom stereocenters. The van der Waals surface area contributed by atoms with Crippen LogP contribution in [-0.4, -0.2) is 56.5 Å². The molecule has 2 aliphatic heterocycles. The Hall–Kier alpha value is 0.679. The molecule has 2 saturated heterocycles. The second-order valence-electron chi connectivity index (χ2n) is 6.53. The van der Waals surface area contributed by atoms with Crippen molar-refractivity contribution in [2.24, 2.45) is 0 Å². The zero-order chi connectivity index (χ0) is 14.3. The molecule has 0 aliphatic carbocycles. The third kappa shape index (κ3) is 5.15. The van der Waals surface area contributed by atoms with Crippen molar-refractivity contribution in [1.29, 1.82) is 0 Å². The summed E-state index contributed by atoms with van der Waals surface area (Å²) in [7, 11) is 0. The van der Waals surface area contributed by atoms with Gasteiger partial charge in [-0.1, -0.05) is 0 Å². The van der Waals surface area contributed by atoms with Crippen molar-refractivity contribution in [2.45, 2.75) is 73.8 Å². The Bertz CT molecular complexity index is 261. The van der Waals surface area contributed by atoms with Gasteiger partial charge in [0.1, 0.15) is 0 Å². The van der Waals surface area contributed by atoms with Crippen LogP contribution < -0.4 is 0 Å². The van der Waals surface area contributed by atoms with Crippen LogP contribution in [0.5, 0.6) is 0 Å². The van der Waals surface area contributed by atoms with Gasteiger partial charge in [-0.3, -0.25) is 0 Å². The number of hydrogen-bond donors (Lipinski definition) is 0. The molecule has 4 heteroatoms. The first-order valence-electron chi connectivity index (χ1n) is 8.82. The van der Waals surface area contributed by atoms with Crippen molar-refractivity contribution < 1.29 is 6.15 Å². The molecule has 2 heterocycles. The van der Waals surface area contributed by atoms with Crippen LogP contribution in [0.15, 0.2) is 0 Å². The first kappa shape index (κ1) is 17.0. The molecule has 118 valence electrons. The summed E-state index contributed by atoms with van der Waals surface area (Å²) in [5, 5.41) is 0. The minimum atomic E-state index is -2.66. The number of nitrogens with zero attached hydrogens (tertiary/aromatic N) is 1. The molecule has 20 heavy (non-hydrogen) atoms. The molecule has 0 amide bonds. The molecule has 0 aromatic rings. The fraction of sp³-hybridized carbons (Fsp3) is 1.00. The topological polar surface area (TPSA) is 21.7 Å². The van der Waals surface area contributed by atoms with Gasteiger partial charge in [0.25, 0.3) is 0 Å². The monoisotopic (exact) mass is 391 g/mol. The molecule has 0 saturated carbocycles. The van der Waals surface area contributed by atoms with E-state index in [2.05, 4.69) is 18.7 Å². The molecule has 0 aromatic heterocycles. The molecule has 2 aliphatic rings. The van der Waals surface area contributed by atoms with Crippen LogP contribution in [0.3, 0.4) is 0 Å². The molecule has 0 spiro atoms. The van der Waals surface area contributed by atoms with Crippen LogP contribution in [0.25, 0.3) is 0 Å². The van der Waals surface area contributed by atoms with E-state index in [4.69, 9.17) is 6.15 Å². The summed E-state index contributed by atoms with van der Waals surface area (Å²) in [4.78, 5) is 2.60. The van der Waals surface area contributed by atoms with E-state index in [0.29, 0.717) is 6.10 Å². The van der Waals surface area contributed by atoms with Crippen molar-refractivity contribution in [3.8, 4) is 0 Å². The molecule has 1 atom stereocenters. The minimum absolute atomic E-state index is 0.387. The molecule has 0 bridgehead atoms. The van der Waals surface area contributed by atoms with Crippen molar-refractivity contribution in [1.82, 2.24) is 4.90 Å². The van der Waals surface area contributed by atoms with Crippen LogP contribution in [0.4, 0.5) is 0 Å². The molecular weight excluding hydrogens is 357 g/mol. The fourth-order valence-corrected chi connectivity index (χ4v) is 14.5. The zero-order valence-corrected chi connectivity index (χ0v) is 16.4. The van der Waals surface area contributed by atoms with Crippen LogP contribution in [0.2, 0.25) is 8.87 Å². The Kier molecular flexibility index (Phi) is 7.64. The van der Waals surface area contributed by atoms with Crippen molar-refractivity contribution >= 4 is 19.2 Å². The number of rotatable bonds is 8. The van der Waals surface area contributed by atoms with Crippen LogP contribution in [0, 0.1) is 0 Å². The summed E-state index contributed by atoms with van der Waals surface area (Å²) < 4.78 is 15.5. The third-order valence-electron chi connectivity index (χ3n) is 4.65. The zero-order valence-electron chi connectivity index (χ0n) is 13.5. The second-order valence-corrected chi connectivity index (χ2v) is 16.1. The summed E-state index contributed by atoms with van der Waals surface area (Å²) in [6, 6.07) is 0. The summed E-state index contributed by atoms with van der Waals surface area (Å²) in [6.07, 6.45) is 9.68. The summed E-state index contributed by atoms with van der Waals surface area (Å²) >= 11 is -2.66. The van der Waals surface area contributed by atoms with Crippen LogP contribution >= 0.6 is 0 Å². The van der Waals surface area contributed by atoms with E-state index in [0.717, 1.165) is 13.2 Å². The van der Waals surface area contributed by atoms with Gasteiger partial charge in [0, 0.05) is 0 Å². The van der Waals surface area contributed by atoms with E-state index in [1.807, 2.05) is 0 Å². The number of hydrogen-bond acceptors (Lipinski definition) is 3. The van der Waals surface area contributed by atoms with E-state index in [-0.39, 0.29) is 0 Å². The molecular formula is C16H33NO2Sn. The molecule has 3 nitrogen and oxygen atoms in total. The first-order valence-corrected chi connectivity index (χ1v) is 15.2. The van der Waals surface area contributed by atoms with E-state index in [1.54, 1.807) is 0 Å². The van der Waals surface area contributed by atoms with Crippen molar-refractivity contribution in [3.63, 3.8) is 0 Å². The Morgan fingerprint density at radius 3 is 2.25 bits per heavy atom. The van der Waals surface area contributed by atoms with E-state index >= 15 is 0 Å². The summed E-state index contributed by atoms with van der Waals surface area (Å²) in [5.41, 5.74) is 0. The molecule has 0 N–H and O–H groups in total. The maximum absolute atomic E-state index is 6.60.